The molecule has 70 heavy (non-hydrogen) atoms. The summed E-state index contributed by atoms with van der Waals surface area (Å²) in [5, 5.41) is 13.2. The first-order valence-corrected chi connectivity index (χ1v) is 25.2. The van der Waals surface area contributed by atoms with E-state index in [1.165, 1.54) is 10.5 Å². The van der Waals surface area contributed by atoms with Crippen LogP contribution < -0.4 is 49.5 Å². The Morgan fingerprint density at radius 1 is 0.814 bits per heavy atom. The Bertz CT molecular complexity index is 2180. The van der Waals surface area contributed by atoms with Gasteiger partial charge in [-0.05, 0) is 117 Å². The van der Waals surface area contributed by atoms with Crippen LogP contribution in [0.15, 0.2) is 48.5 Å². The average molecular weight is 971 g/mol. The van der Waals surface area contributed by atoms with Crippen LogP contribution in [-0.2, 0) is 44.5 Å². The molecule has 5 aliphatic rings. The van der Waals surface area contributed by atoms with Crippen LogP contribution in [0, 0.1) is 17.3 Å². The van der Waals surface area contributed by atoms with Gasteiger partial charge in [-0.25, -0.2) is 0 Å². The van der Waals surface area contributed by atoms with E-state index in [0.29, 0.717) is 30.9 Å². The van der Waals surface area contributed by atoms with Crippen molar-refractivity contribution in [1.29, 1.82) is 0 Å². The molecule has 7 amide bonds. The summed E-state index contributed by atoms with van der Waals surface area (Å²) in [4.78, 5) is 94.3. The Labute approximate surface area is 411 Å². The third-order valence-corrected chi connectivity index (χ3v) is 15.0. The zero-order chi connectivity index (χ0) is 50.8. The fourth-order valence-electron chi connectivity index (χ4n) is 10.7. The van der Waals surface area contributed by atoms with Crippen LogP contribution in [0.2, 0.25) is 0 Å². The van der Waals surface area contributed by atoms with Crippen molar-refractivity contribution >= 4 is 48.5 Å². The molecule has 3 aliphatic carbocycles. The minimum atomic E-state index is -1.66. The van der Waals surface area contributed by atoms with Crippen molar-refractivity contribution in [3.63, 3.8) is 0 Å². The van der Waals surface area contributed by atoms with E-state index in [9.17, 15) is 33.6 Å². The van der Waals surface area contributed by atoms with Gasteiger partial charge in [0.05, 0.1) is 11.7 Å². The predicted molar refractivity (Wildman–Crippen MR) is 264 cm³/mol. The molecular weight excluding hydrogens is 895 g/mol. The quantitative estimate of drug-likeness (QED) is 0.0390. The number of benzene rings is 2. The third-order valence-electron chi connectivity index (χ3n) is 15.0. The Morgan fingerprint density at radius 2 is 1.51 bits per heavy atom. The van der Waals surface area contributed by atoms with Gasteiger partial charge in [0.1, 0.15) is 24.2 Å². The zero-order valence-corrected chi connectivity index (χ0v) is 41.3. The summed E-state index contributed by atoms with van der Waals surface area (Å²) < 4.78 is 12.6. The summed E-state index contributed by atoms with van der Waals surface area (Å²) in [6.07, 6.45) is 5.80. The molecule has 2 heterocycles. The fraction of sp³-hybridized carbons (Fsp3) is 0.620. The number of carbonyl (C=O) groups is 7. The lowest BCUT2D eigenvalue weighted by atomic mass is 9.43. The molecule has 2 aromatic carbocycles. The standard InChI is InChI=1S/C50H75BN10O9/c1-5-6-11-30-14-16-31(17-15-30)32-18-20-33(21-19-32)43(64)56-26-24-41(63)57-36(12-8-7-9-25-52)47(68)61-27-10-13-37(61)45(66)59-42(54)46(67)58-35(22-23-40(53)62)44(65)60-48(55)51-69-39-29-34-28-38(49(34,2)3)50(39,4)70-51/h14-21,34-39,42,48H,5-13,22-29,52,54-55H2,1-4H3,(H2,53,62)(H,56,64)(H,57,63)(H,58,67)(H,59,66)(H,60,65)/t34-,35-,36-,37-,38-,39?,42+,48+,50-/m0/s1. The van der Waals surface area contributed by atoms with Gasteiger partial charge in [-0.3, -0.25) is 33.6 Å². The number of carbonyl (C=O) groups excluding carboxylic acids is 7. The summed E-state index contributed by atoms with van der Waals surface area (Å²) in [5.41, 5.74) is 26.9. The van der Waals surface area contributed by atoms with Gasteiger partial charge >= 0.3 is 7.12 Å². The van der Waals surface area contributed by atoms with Crippen molar-refractivity contribution in [1.82, 2.24) is 31.5 Å². The van der Waals surface area contributed by atoms with Crippen LogP contribution in [-0.4, -0.2) is 115 Å². The lowest BCUT2D eigenvalue weighted by molar-refractivity contribution is -0.199. The maximum absolute atomic E-state index is 14.1. The maximum atomic E-state index is 14.1. The summed E-state index contributed by atoms with van der Waals surface area (Å²) in [6.45, 7) is 9.34. The monoisotopic (exact) mass is 971 g/mol. The molecule has 19 nitrogen and oxygen atoms in total. The minimum absolute atomic E-state index is 0.0227. The SMILES string of the molecule is CCCCc1ccc(-c2ccc(C(=O)NCCC(=O)N[C@@H](CCCCCN)C(=O)N3CCC[C@H]3C(=O)N[C@@H](N)C(=O)N[C@@H](CCC(N)=O)C(=O)N[C@@H](N)B3OC4C[C@@H]5C[C@@H](C5(C)C)[C@]4(C)O3)cc2)cc1. The Morgan fingerprint density at radius 3 is 2.17 bits per heavy atom. The first-order valence-electron chi connectivity index (χ1n) is 25.2. The lowest BCUT2D eigenvalue weighted by Crippen LogP contribution is -2.65. The van der Waals surface area contributed by atoms with Crippen molar-refractivity contribution in [3.8, 4) is 11.1 Å². The second-order valence-electron chi connectivity index (χ2n) is 20.3. The van der Waals surface area contributed by atoms with Crippen molar-refractivity contribution < 1.29 is 42.9 Å². The number of hydrogen-bond acceptors (Lipinski definition) is 12. The van der Waals surface area contributed by atoms with E-state index in [1.807, 2.05) is 19.1 Å². The molecular formula is C50H75BN10O9. The molecule has 0 radical (unpaired) electrons. The first-order chi connectivity index (χ1) is 33.4. The molecule has 0 spiro atoms. The lowest BCUT2D eigenvalue weighted by Gasteiger charge is -2.64. The number of amides is 7. The van der Waals surface area contributed by atoms with E-state index < -0.39 is 78.5 Å². The number of rotatable bonds is 25. The zero-order valence-electron chi connectivity index (χ0n) is 41.3. The highest BCUT2D eigenvalue weighted by Crippen LogP contribution is 2.65. The summed E-state index contributed by atoms with van der Waals surface area (Å²) in [5.74, 6) is -3.60. The second kappa shape index (κ2) is 24.1. The van der Waals surface area contributed by atoms with Crippen LogP contribution >= 0.6 is 0 Å². The Hall–Kier alpha value is -5.41. The Balaban J connectivity index is 0.992. The number of nitrogens with zero attached hydrogens (tertiary/aromatic N) is 1. The van der Waals surface area contributed by atoms with Crippen molar-refractivity contribution in [2.24, 2.45) is 40.2 Å². The van der Waals surface area contributed by atoms with E-state index in [2.05, 4.69) is 71.6 Å². The number of aryl methyl sites for hydroxylation is 1. The molecule has 2 aromatic rings. The molecule has 3 saturated carbocycles. The highest BCUT2D eigenvalue weighted by molar-refractivity contribution is 6.47. The molecule has 20 heteroatoms. The van der Waals surface area contributed by atoms with Gasteiger partial charge in [-0.15, -0.1) is 0 Å². The largest absolute Gasteiger partial charge is 0.497 e. The summed E-state index contributed by atoms with van der Waals surface area (Å²) in [7, 11) is -0.953. The molecule has 0 aromatic heterocycles. The second-order valence-corrected chi connectivity index (χ2v) is 20.3. The fourth-order valence-corrected chi connectivity index (χ4v) is 10.7. The van der Waals surface area contributed by atoms with Gasteiger partial charge in [0, 0.05) is 31.5 Å². The number of primary amides is 1. The number of likely N-dealkylation sites (tertiary alicyclic amines) is 1. The maximum Gasteiger partial charge on any atom is 0.497 e. The van der Waals surface area contributed by atoms with E-state index in [1.54, 1.807) is 12.1 Å². The normalized spacial score (nSPS) is 23.7. The third kappa shape index (κ3) is 13.1. The number of nitrogens with two attached hydrogens (primary N) is 4. The minimum Gasteiger partial charge on any atom is -0.403 e. The van der Waals surface area contributed by atoms with Crippen LogP contribution in [0.4, 0.5) is 0 Å². The highest BCUT2D eigenvalue weighted by Gasteiger charge is 2.68. The first kappa shape index (κ1) is 53.9. The molecule has 5 fully saturated rings. The van der Waals surface area contributed by atoms with Crippen molar-refractivity contribution in [2.75, 3.05) is 19.6 Å². The molecule has 1 unspecified atom stereocenters. The predicted octanol–water partition coefficient (Wildman–Crippen LogP) is 1.63. The van der Waals surface area contributed by atoms with E-state index in [0.717, 1.165) is 56.1 Å². The number of nitrogens with one attached hydrogen (secondary N) is 5. The smallest absolute Gasteiger partial charge is 0.403 e. The summed E-state index contributed by atoms with van der Waals surface area (Å²) in [6, 6.07) is 11.2. The van der Waals surface area contributed by atoms with Crippen molar-refractivity contribution in [3.05, 3.63) is 59.7 Å². The molecule has 382 valence electrons. The van der Waals surface area contributed by atoms with Crippen LogP contribution in [0.25, 0.3) is 11.1 Å². The molecule has 2 aliphatic heterocycles. The van der Waals surface area contributed by atoms with Crippen LogP contribution in [0.1, 0.15) is 127 Å². The van der Waals surface area contributed by atoms with Gasteiger partial charge < -0.3 is 63.7 Å². The summed E-state index contributed by atoms with van der Waals surface area (Å²) >= 11 is 0. The van der Waals surface area contributed by atoms with Crippen molar-refractivity contribution in [2.45, 2.75) is 160 Å². The van der Waals surface area contributed by atoms with E-state index in [-0.39, 0.29) is 68.5 Å². The molecule has 9 atom stereocenters. The molecule has 2 saturated heterocycles. The highest BCUT2D eigenvalue weighted by atomic mass is 16.7. The van der Waals surface area contributed by atoms with E-state index >= 15 is 0 Å². The topological polar surface area (TPSA) is 305 Å². The Kier molecular flexibility index (Phi) is 18.6. The van der Waals surface area contributed by atoms with Gasteiger partial charge in [0.25, 0.3) is 11.8 Å². The van der Waals surface area contributed by atoms with Gasteiger partial charge in [0.15, 0.2) is 6.17 Å². The van der Waals surface area contributed by atoms with E-state index in [4.69, 9.17) is 32.2 Å². The average Bonchev–Trinajstić information content (AvgIpc) is 3.98. The molecule has 13 N–H and O–H groups in total. The number of hydrogen-bond donors (Lipinski definition) is 9. The van der Waals surface area contributed by atoms with Crippen LogP contribution in [0.5, 0.6) is 0 Å². The van der Waals surface area contributed by atoms with Gasteiger partial charge in [-0.2, -0.15) is 0 Å². The van der Waals surface area contributed by atoms with Gasteiger partial charge in [-0.1, -0.05) is 76.4 Å². The van der Waals surface area contributed by atoms with Gasteiger partial charge in [0.2, 0.25) is 29.5 Å². The molecule has 7 rings (SSSR count). The number of unbranched alkanes of at least 4 members (excludes halogenated alkanes) is 3. The van der Waals surface area contributed by atoms with Crippen LogP contribution in [0.3, 0.4) is 0 Å². The molecule has 2 bridgehead atoms.